The fourth-order valence-electron chi connectivity index (χ4n) is 2.97. The van der Waals surface area contributed by atoms with Crippen molar-refractivity contribution in [2.75, 3.05) is 33.6 Å². The SMILES string of the molecule is COc1cc(OC)c(C2SCCN2C(=O)c2cccc(I)c2)cc1OC. The first-order chi connectivity index (χ1) is 12.6. The maximum absolute atomic E-state index is 13.1. The lowest BCUT2D eigenvalue weighted by Gasteiger charge is -2.26. The van der Waals surface area contributed by atoms with Crippen molar-refractivity contribution in [1.29, 1.82) is 0 Å². The summed E-state index contributed by atoms with van der Waals surface area (Å²) in [5, 5.41) is -0.130. The molecule has 1 amide bonds. The zero-order valence-corrected chi connectivity index (χ0v) is 17.8. The molecule has 3 rings (SSSR count). The third kappa shape index (κ3) is 3.73. The third-order valence-electron chi connectivity index (χ3n) is 4.23. The zero-order valence-electron chi connectivity index (χ0n) is 14.8. The second-order valence-corrected chi connectivity index (χ2v) is 8.11. The van der Waals surface area contributed by atoms with Crippen molar-refractivity contribution in [3.8, 4) is 17.2 Å². The Hall–Kier alpha value is -1.61. The van der Waals surface area contributed by atoms with Crippen molar-refractivity contribution in [3.63, 3.8) is 0 Å². The maximum atomic E-state index is 13.1. The lowest BCUT2D eigenvalue weighted by atomic mass is 10.1. The molecular weight excluding hydrogens is 465 g/mol. The summed E-state index contributed by atoms with van der Waals surface area (Å²) in [7, 11) is 4.81. The molecule has 2 aromatic carbocycles. The minimum atomic E-state index is -0.130. The summed E-state index contributed by atoms with van der Waals surface area (Å²) in [5.74, 6) is 2.81. The number of thioether (sulfide) groups is 1. The Bertz CT molecular complexity index is 814. The Morgan fingerprint density at radius 2 is 1.77 bits per heavy atom. The van der Waals surface area contributed by atoms with Gasteiger partial charge in [0.2, 0.25) is 0 Å². The average molecular weight is 485 g/mol. The summed E-state index contributed by atoms with van der Waals surface area (Å²) < 4.78 is 17.4. The number of nitrogens with zero attached hydrogens (tertiary/aromatic N) is 1. The van der Waals surface area contributed by atoms with Crippen LogP contribution in [-0.4, -0.2) is 44.4 Å². The summed E-state index contributed by atoms with van der Waals surface area (Å²) in [6.45, 7) is 0.692. The van der Waals surface area contributed by atoms with E-state index < -0.39 is 0 Å². The Balaban J connectivity index is 1.98. The average Bonchev–Trinajstić information content (AvgIpc) is 3.15. The van der Waals surface area contributed by atoms with Gasteiger partial charge in [0.25, 0.3) is 5.91 Å². The van der Waals surface area contributed by atoms with Crippen LogP contribution in [0.4, 0.5) is 0 Å². The van der Waals surface area contributed by atoms with Crippen LogP contribution in [0.2, 0.25) is 0 Å². The number of hydrogen-bond acceptors (Lipinski definition) is 5. The molecule has 26 heavy (non-hydrogen) atoms. The molecule has 2 aromatic rings. The molecule has 1 heterocycles. The van der Waals surface area contributed by atoms with Gasteiger partial charge in [-0.1, -0.05) is 6.07 Å². The molecule has 138 valence electrons. The van der Waals surface area contributed by atoms with Crippen LogP contribution in [0.5, 0.6) is 17.2 Å². The van der Waals surface area contributed by atoms with Gasteiger partial charge in [-0.3, -0.25) is 4.79 Å². The molecule has 0 radical (unpaired) electrons. The number of halogens is 1. The minimum Gasteiger partial charge on any atom is -0.496 e. The summed E-state index contributed by atoms with van der Waals surface area (Å²) >= 11 is 3.94. The summed E-state index contributed by atoms with van der Waals surface area (Å²) in [6, 6.07) is 11.4. The van der Waals surface area contributed by atoms with E-state index in [4.69, 9.17) is 14.2 Å². The highest BCUT2D eigenvalue weighted by molar-refractivity contribution is 14.1. The van der Waals surface area contributed by atoms with Gasteiger partial charge in [-0.15, -0.1) is 11.8 Å². The van der Waals surface area contributed by atoms with E-state index in [1.54, 1.807) is 39.2 Å². The van der Waals surface area contributed by atoms with Gasteiger partial charge < -0.3 is 19.1 Å². The molecule has 1 unspecified atom stereocenters. The summed E-state index contributed by atoms with van der Waals surface area (Å²) in [5.41, 5.74) is 1.61. The van der Waals surface area contributed by atoms with E-state index >= 15 is 0 Å². The highest BCUT2D eigenvalue weighted by Gasteiger charge is 2.34. The Morgan fingerprint density at radius 3 is 2.42 bits per heavy atom. The van der Waals surface area contributed by atoms with Crippen molar-refractivity contribution in [3.05, 3.63) is 51.1 Å². The van der Waals surface area contributed by atoms with Gasteiger partial charge in [0.05, 0.1) is 21.3 Å². The van der Waals surface area contributed by atoms with E-state index in [1.165, 1.54) is 0 Å². The molecule has 1 aliphatic heterocycles. The van der Waals surface area contributed by atoms with Crippen LogP contribution >= 0.6 is 34.4 Å². The third-order valence-corrected chi connectivity index (χ3v) is 6.14. The highest BCUT2D eigenvalue weighted by atomic mass is 127. The molecule has 7 heteroatoms. The predicted molar refractivity (Wildman–Crippen MR) is 111 cm³/mol. The van der Waals surface area contributed by atoms with Crippen LogP contribution in [0.15, 0.2) is 36.4 Å². The maximum Gasteiger partial charge on any atom is 0.255 e. The number of amides is 1. The second-order valence-electron chi connectivity index (χ2n) is 5.68. The first-order valence-corrected chi connectivity index (χ1v) is 10.2. The molecule has 0 N–H and O–H groups in total. The number of benzene rings is 2. The zero-order chi connectivity index (χ0) is 18.7. The molecule has 0 aromatic heterocycles. The number of hydrogen-bond donors (Lipinski definition) is 0. The Kier molecular flexibility index (Phi) is 6.18. The largest absolute Gasteiger partial charge is 0.496 e. The van der Waals surface area contributed by atoms with Crippen LogP contribution in [-0.2, 0) is 0 Å². The van der Waals surface area contributed by atoms with Crippen molar-refractivity contribution >= 4 is 40.3 Å². The first-order valence-electron chi connectivity index (χ1n) is 8.07. The minimum absolute atomic E-state index is 0.0235. The predicted octanol–water partition coefficient (Wildman–Crippen LogP) is 4.20. The fourth-order valence-corrected chi connectivity index (χ4v) is 4.78. The van der Waals surface area contributed by atoms with E-state index in [2.05, 4.69) is 22.6 Å². The van der Waals surface area contributed by atoms with Gasteiger partial charge >= 0.3 is 0 Å². The van der Waals surface area contributed by atoms with Crippen LogP contribution < -0.4 is 14.2 Å². The van der Waals surface area contributed by atoms with Crippen LogP contribution in [0, 0.1) is 3.57 Å². The standard InChI is InChI=1S/C19H20INO4S/c1-23-15-11-17(25-3)16(24-2)10-14(15)19-21(7-8-26-19)18(22)12-5-4-6-13(20)9-12/h4-6,9-11,19H,7-8H2,1-3H3. The molecule has 5 nitrogen and oxygen atoms in total. The van der Waals surface area contributed by atoms with Crippen LogP contribution in [0.25, 0.3) is 0 Å². The van der Waals surface area contributed by atoms with Gasteiger partial charge in [0, 0.05) is 33.1 Å². The van der Waals surface area contributed by atoms with E-state index in [9.17, 15) is 4.79 Å². The highest BCUT2D eigenvalue weighted by Crippen LogP contribution is 2.46. The second kappa shape index (κ2) is 8.39. The molecule has 0 aliphatic carbocycles. The van der Waals surface area contributed by atoms with Crippen LogP contribution in [0.3, 0.4) is 0 Å². The lowest BCUT2D eigenvalue weighted by Crippen LogP contribution is -2.30. The van der Waals surface area contributed by atoms with Crippen LogP contribution in [0.1, 0.15) is 21.3 Å². The summed E-state index contributed by atoms with van der Waals surface area (Å²) in [6.07, 6.45) is 0. The molecule has 1 saturated heterocycles. The number of carbonyl (C=O) groups is 1. The normalized spacial score (nSPS) is 16.5. The van der Waals surface area contributed by atoms with Crippen molar-refractivity contribution in [2.45, 2.75) is 5.37 Å². The first kappa shape index (κ1) is 19.2. The molecule has 0 spiro atoms. The number of rotatable bonds is 5. The molecule has 0 bridgehead atoms. The van der Waals surface area contributed by atoms with E-state index in [-0.39, 0.29) is 11.3 Å². The van der Waals surface area contributed by atoms with Crippen molar-refractivity contribution < 1.29 is 19.0 Å². The van der Waals surface area contributed by atoms with E-state index in [1.807, 2.05) is 35.2 Å². The van der Waals surface area contributed by atoms with E-state index in [0.29, 0.717) is 29.4 Å². The topological polar surface area (TPSA) is 48.0 Å². The van der Waals surface area contributed by atoms with Crippen molar-refractivity contribution in [1.82, 2.24) is 4.90 Å². The van der Waals surface area contributed by atoms with Gasteiger partial charge in [0.15, 0.2) is 11.5 Å². The van der Waals surface area contributed by atoms with E-state index in [0.717, 1.165) is 14.9 Å². The number of ether oxygens (including phenoxy) is 3. The smallest absolute Gasteiger partial charge is 0.255 e. The number of methoxy groups -OCH3 is 3. The molecule has 1 fully saturated rings. The quantitative estimate of drug-likeness (QED) is 0.595. The van der Waals surface area contributed by atoms with Gasteiger partial charge in [-0.25, -0.2) is 0 Å². The fraction of sp³-hybridized carbons (Fsp3) is 0.316. The summed E-state index contributed by atoms with van der Waals surface area (Å²) in [4.78, 5) is 15.0. The van der Waals surface area contributed by atoms with Gasteiger partial charge in [-0.2, -0.15) is 0 Å². The molecular formula is C19H20INO4S. The Morgan fingerprint density at radius 1 is 1.08 bits per heavy atom. The van der Waals surface area contributed by atoms with Gasteiger partial charge in [0.1, 0.15) is 11.1 Å². The lowest BCUT2D eigenvalue weighted by molar-refractivity contribution is 0.0759. The van der Waals surface area contributed by atoms with Gasteiger partial charge in [-0.05, 0) is 46.9 Å². The number of carbonyl (C=O) groups excluding carboxylic acids is 1. The molecule has 1 atom stereocenters. The Labute approximate surface area is 171 Å². The molecule has 0 saturated carbocycles. The van der Waals surface area contributed by atoms with Crippen molar-refractivity contribution in [2.24, 2.45) is 0 Å². The monoisotopic (exact) mass is 485 g/mol. The molecule has 1 aliphatic rings.